The minimum atomic E-state index is -1.08. The minimum Gasteiger partial charge on any atom is -0.478 e. The number of halogens is 1. The lowest BCUT2D eigenvalue weighted by molar-refractivity contribution is -0.117. The fraction of sp³-hybridized carbons (Fsp3) is 0.0455. The first-order valence-corrected chi connectivity index (χ1v) is 9.29. The zero-order chi connectivity index (χ0) is 21.4. The van der Waals surface area contributed by atoms with Crippen molar-refractivity contribution in [2.24, 2.45) is 0 Å². The molecule has 4 rings (SSSR count). The highest BCUT2D eigenvalue weighted by molar-refractivity contribution is 6.33. The summed E-state index contributed by atoms with van der Waals surface area (Å²) in [6, 6.07) is 14.6. The van der Waals surface area contributed by atoms with E-state index in [9.17, 15) is 19.5 Å². The maximum Gasteiger partial charge on any atom is 0.336 e. The Morgan fingerprint density at radius 2 is 1.90 bits per heavy atom. The highest BCUT2D eigenvalue weighted by Crippen LogP contribution is 2.29. The van der Waals surface area contributed by atoms with Crippen LogP contribution in [0, 0.1) is 6.92 Å². The van der Waals surface area contributed by atoms with Gasteiger partial charge in [-0.25, -0.2) is 9.80 Å². The van der Waals surface area contributed by atoms with Gasteiger partial charge in [-0.3, -0.25) is 15.0 Å². The van der Waals surface area contributed by atoms with Gasteiger partial charge in [-0.05, 0) is 48.9 Å². The zero-order valence-corrected chi connectivity index (χ0v) is 16.4. The highest BCUT2D eigenvalue weighted by Gasteiger charge is 2.35. The molecule has 0 bridgehead atoms. The number of hydrogen-bond donors (Lipinski definition) is 2. The van der Waals surface area contributed by atoms with Crippen molar-refractivity contribution >= 4 is 41.1 Å². The van der Waals surface area contributed by atoms with E-state index in [0.717, 1.165) is 10.6 Å². The predicted molar refractivity (Wildman–Crippen MR) is 111 cm³/mol. The number of hydrogen-bond acceptors (Lipinski definition) is 4. The second-order valence-corrected chi connectivity index (χ2v) is 7.03. The van der Waals surface area contributed by atoms with Crippen LogP contribution < -0.4 is 10.4 Å². The van der Waals surface area contributed by atoms with Crippen LogP contribution in [0.2, 0.25) is 5.02 Å². The first-order valence-electron chi connectivity index (χ1n) is 8.91. The van der Waals surface area contributed by atoms with Gasteiger partial charge in [0.25, 0.3) is 11.8 Å². The van der Waals surface area contributed by atoms with Gasteiger partial charge >= 0.3 is 5.97 Å². The third-order valence-electron chi connectivity index (χ3n) is 4.64. The summed E-state index contributed by atoms with van der Waals surface area (Å²) in [5.41, 5.74) is 4.15. The predicted octanol–water partition coefficient (Wildman–Crippen LogP) is 4.07. The molecule has 0 saturated carbocycles. The third kappa shape index (κ3) is 3.46. The number of carboxylic acid groups (broad SMARTS) is 1. The van der Waals surface area contributed by atoms with E-state index >= 15 is 0 Å². The lowest BCUT2D eigenvalue weighted by Crippen LogP contribution is -2.35. The van der Waals surface area contributed by atoms with Crippen molar-refractivity contribution < 1.29 is 23.9 Å². The van der Waals surface area contributed by atoms with Crippen molar-refractivity contribution in [3.8, 4) is 11.3 Å². The van der Waals surface area contributed by atoms with E-state index in [2.05, 4.69) is 5.43 Å². The molecule has 2 N–H and O–H groups in total. The molecule has 1 fully saturated rings. The molecule has 0 atom stereocenters. The Kier molecular flexibility index (Phi) is 4.89. The first kappa shape index (κ1) is 19.5. The second-order valence-electron chi connectivity index (χ2n) is 6.63. The monoisotopic (exact) mass is 422 g/mol. The van der Waals surface area contributed by atoms with E-state index in [0.29, 0.717) is 22.0 Å². The summed E-state index contributed by atoms with van der Waals surface area (Å²) >= 11 is 6.12. The number of amides is 2. The van der Waals surface area contributed by atoms with Gasteiger partial charge in [0.15, 0.2) is 0 Å². The summed E-state index contributed by atoms with van der Waals surface area (Å²) in [6.45, 7) is 1.83. The number of nitrogens with one attached hydrogen (secondary N) is 1. The van der Waals surface area contributed by atoms with Gasteiger partial charge in [-0.2, -0.15) is 0 Å². The van der Waals surface area contributed by atoms with Crippen LogP contribution in [0.1, 0.15) is 21.7 Å². The molecule has 2 aromatic carbocycles. The van der Waals surface area contributed by atoms with Gasteiger partial charge in [-0.15, -0.1) is 0 Å². The van der Waals surface area contributed by atoms with E-state index in [1.807, 2.05) is 6.92 Å². The smallest absolute Gasteiger partial charge is 0.336 e. The summed E-state index contributed by atoms with van der Waals surface area (Å²) in [5, 5.41) is 10.9. The molecule has 0 aliphatic carbocycles. The van der Waals surface area contributed by atoms with Gasteiger partial charge in [-0.1, -0.05) is 35.9 Å². The molecule has 1 aliphatic rings. The minimum absolute atomic E-state index is 0.0863. The van der Waals surface area contributed by atoms with Gasteiger partial charge in [0.2, 0.25) is 0 Å². The van der Waals surface area contributed by atoms with Crippen molar-refractivity contribution in [3.05, 3.63) is 82.1 Å². The van der Waals surface area contributed by atoms with Crippen LogP contribution in [0.4, 0.5) is 5.69 Å². The number of hydrazine groups is 1. The van der Waals surface area contributed by atoms with E-state index in [1.165, 1.54) is 12.1 Å². The quantitative estimate of drug-likeness (QED) is 0.487. The molecule has 2 heterocycles. The second kappa shape index (κ2) is 7.53. The highest BCUT2D eigenvalue weighted by atomic mass is 35.5. The van der Waals surface area contributed by atoms with Gasteiger partial charge in [0, 0.05) is 10.6 Å². The Bertz CT molecular complexity index is 1230. The Hall–Kier alpha value is -3.84. The lowest BCUT2D eigenvalue weighted by Gasteiger charge is -2.15. The molecule has 0 unspecified atom stereocenters. The number of carbonyl (C=O) groups is 3. The maximum absolute atomic E-state index is 12.7. The van der Waals surface area contributed by atoms with Crippen LogP contribution in [0.15, 0.2) is 64.6 Å². The number of carbonyl (C=O) groups excluding carboxylic acids is 2. The van der Waals surface area contributed by atoms with Crippen LogP contribution in [-0.2, 0) is 9.59 Å². The van der Waals surface area contributed by atoms with Gasteiger partial charge in [0.1, 0.15) is 17.1 Å². The number of carboxylic acids is 1. The number of aromatic carboxylic acids is 1. The molecule has 150 valence electrons. The molecule has 1 saturated heterocycles. The molecule has 7 nitrogen and oxygen atoms in total. The normalized spacial score (nSPS) is 15.0. The molecule has 1 aromatic heterocycles. The molecule has 30 heavy (non-hydrogen) atoms. The fourth-order valence-electron chi connectivity index (χ4n) is 3.06. The van der Waals surface area contributed by atoms with Crippen molar-refractivity contribution in [2.75, 3.05) is 5.01 Å². The number of furan rings is 1. The molecule has 2 amide bonds. The SMILES string of the molecule is Cc1ccc(N2NC(=O)/C(=C\c3ccc(-c4ccccc4C(=O)O)o3)C2=O)cc1Cl. The molecule has 0 radical (unpaired) electrons. The van der Waals surface area contributed by atoms with Crippen LogP contribution in [0.5, 0.6) is 0 Å². The molecular formula is C22H15ClN2O5. The molecule has 3 aromatic rings. The van der Waals surface area contributed by atoms with Crippen molar-refractivity contribution in [3.63, 3.8) is 0 Å². The number of rotatable bonds is 4. The van der Waals surface area contributed by atoms with E-state index < -0.39 is 17.8 Å². The summed E-state index contributed by atoms with van der Waals surface area (Å²) in [6.07, 6.45) is 1.32. The number of nitrogens with zero attached hydrogens (tertiary/aromatic N) is 1. The zero-order valence-electron chi connectivity index (χ0n) is 15.7. The average molecular weight is 423 g/mol. The van der Waals surface area contributed by atoms with Crippen molar-refractivity contribution in [1.29, 1.82) is 0 Å². The van der Waals surface area contributed by atoms with Crippen LogP contribution in [0.25, 0.3) is 17.4 Å². The summed E-state index contributed by atoms with van der Waals surface area (Å²) in [7, 11) is 0. The maximum atomic E-state index is 12.7. The topological polar surface area (TPSA) is 99.8 Å². The number of benzene rings is 2. The van der Waals surface area contributed by atoms with Crippen LogP contribution in [-0.4, -0.2) is 22.9 Å². The van der Waals surface area contributed by atoms with Crippen molar-refractivity contribution in [2.45, 2.75) is 6.92 Å². The molecular weight excluding hydrogens is 408 g/mol. The van der Waals surface area contributed by atoms with E-state index in [4.69, 9.17) is 16.0 Å². The number of aryl methyl sites for hydroxylation is 1. The molecule has 1 aliphatic heterocycles. The average Bonchev–Trinajstić information content (AvgIpc) is 3.30. The largest absolute Gasteiger partial charge is 0.478 e. The third-order valence-corrected chi connectivity index (χ3v) is 5.05. The van der Waals surface area contributed by atoms with Crippen molar-refractivity contribution in [1.82, 2.24) is 5.43 Å². The van der Waals surface area contributed by atoms with Gasteiger partial charge in [0.05, 0.1) is 11.3 Å². The first-order chi connectivity index (χ1) is 14.3. The summed E-state index contributed by atoms with van der Waals surface area (Å²) in [5.74, 6) is -1.66. The Morgan fingerprint density at radius 3 is 2.63 bits per heavy atom. The van der Waals surface area contributed by atoms with Crippen LogP contribution >= 0.6 is 11.6 Å². The Balaban J connectivity index is 1.65. The fourth-order valence-corrected chi connectivity index (χ4v) is 3.24. The summed E-state index contributed by atoms with van der Waals surface area (Å²) in [4.78, 5) is 36.5. The summed E-state index contributed by atoms with van der Waals surface area (Å²) < 4.78 is 5.68. The molecule has 0 spiro atoms. The standard InChI is InChI=1S/C22H15ClN2O5/c1-12-6-7-13(10-18(12)23)25-21(27)17(20(26)24-25)11-14-8-9-19(30-14)15-4-2-3-5-16(15)22(28)29/h2-11H,1H3,(H,24,26)(H,28,29)/b17-11+. The van der Waals surface area contributed by atoms with Crippen LogP contribution in [0.3, 0.4) is 0 Å². The molecule has 8 heteroatoms. The van der Waals surface area contributed by atoms with Gasteiger partial charge < -0.3 is 9.52 Å². The Morgan fingerprint density at radius 1 is 1.13 bits per heavy atom. The number of anilines is 1. The Labute approximate surface area is 176 Å². The van der Waals surface area contributed by atoms with E-state index in [-0.39, 0.29) is 16.9 Å². The van der Waals surface area contributed by atoms with E-state index in [1.54, 1.807) is 48.5 Å². The lowest BCUT2D eigenvalue weighted by atomic mass is 10.1.